The van der Waals surface area contributed by atoms with Gasteiger partial charge in [0.15, 0.2) is 5.82 Å². The first-order chi connectivity index (χ1) is 10.6. The van der Waals surface area contributed by atoms with Crippen LogP contribution in [0, 0.1) is 20.8 Å². The lowest BCUT2D eigenvalue weighted by Crippen LogP contribution is -2.01. The minimum absolute atomic E-state index is 0.622. The van der Waals surface area contributed by atoms with Gasteiger partial charge in [0.25, 0.3) is 0 Å². The second-order valence-corrected chi connectivity index (χ2v) is 5.13. The van der Waals surface area contributed by atoms with Crippen molar-refractivity contribution >= 4 is 23.1 Å². The molecule has 0 unspecified atom stereocenters. The first-order valence-corrected chi connectivity index (χ1v) is 6.98. The van der Waals surface area contributed by atoms with Crippen LogP contribution >= 0.6 is 0 Å². The molecule has 0 fully saturated rings. The van der Waals surface area contributed by atoms with Crippen LogP contribution in [0.5, 0.6) is 0 Å². The van der Waals surface area contributed by atoms with Crippen molar-refractivity contribution < 1.29 is 4.52 Å². The zero-order valence-electron chi connectivity index (χ0n) is 12.7. The van der Waals surface area contributed by atoms with Gasteiger partial charge in [0.1, 0.15) is 23.2 Å². The van der Waals surface area contributed by atoms with Gasteiger partial charge >= 0.3 is 0 Å². The number of hydrogen-bond acceptors (Lipinski definition) is 6. The van der Waals surface area contributed by atoms with E-state index < -0.39 is 0 Å². The largest absolute Gasteiger partial charge is 0.360 e. The monoisotopic (exact) mass is 295 g/mol. The van der Waals surface area contributed by atoms with Gasteiger partial charge < -0.3 is 15.2 Å². The number of anilines is 4. The molecule has 0 aliphatic carbocycles. The molecule has 0 aliphatic heterocycles. The predicted octanol–water partition coefficient (Wildman–Crippen LogP) is 3.88. The lowest BCUT2D eigenvalue weighted by molar-refractivity contribution is 0.400. The van der Waals surface area contributed by atoms with Gasteiger partial charge in [0.05, 0.1) is 0 Å². The van der Waals surface area contributed by atoms with E-state index in [4.69, 9.17) is 4.52 Å². The van der Waals surface area contributed by atoms with Gasteiger partial charge in [-0.2, -0.15) is 0 Å². The molecule has 0 amide bonds. The second-order valence-electron chi connectivity index (χ2n) is 5.13. The van der Waals surface area contributed by atoms with E-state index in [0.717, 1.165) is 17.3 Å². The third-order valence-corrected chi connectivity index (χ3v) is 3.01. The van der Waals surface area contributed by atoms with Crippen LogP contribution in [0.4, 0.5) is 23.1 Å². The summed E-state index contributed by atoms with van der Waals surface area (Å²) in [6.45, 7) is 5.74. The molecule has 2 N–H and O–H groups in total. The summed E-state index contributed by atoms with van der Waals surface area (Å²) < 4.78 is 5.03. The molecular formula is C16H17N5O. The van der Waals surface area contributed by atoms with E-state index in [2.05, 4.69) is 44.8 Å². The topological polar surface area (TPSA) is 75.9 Å². The van der Waals surface area contributed by atoms with Crippen molar-refractivity contribution in [3.63, 3.8) is 0 Å². The summed E-state index contributed by atoms with van der Waals surface area (Å²) in [5.41, 5.74) is 2.17. The van der Waals surface area contributed by atoms with Crippen LogP contribution in [-0.4, -0.2) is 15.1 Å². The van der Waals surface area contributed by atoms with Crippen LogP contribution in [0.1, 0.15) is 17.1 Å². The van der Waals surface area contributed by atoms with Gasteiger partial charge in [-0.3, -0.25) is 0 Å². The molecule has 6 heteroatoms. The number of hydrogen-bond donors (Lipinski definition) is 2. The van der Waals surface area contributed by atoms with Gasteiger partial charge in [-0.05, 0) is 38.5 Å². The fourth-order valence-corrected chi connectivity index (χ4v) is 2.12. The van der Waals surface area contributed by atoms with Crippen LogP contribution in [0.3, 0.4) is 0 Å². The van der Waals surface area contributed by atoms with Gasteiger partial charge in [-0.15, -0.1) is 0 Å². The highest BCUT2D eigenvalue weighted by Crippen LogP contribution is 2.20. The molecule has 1 aromatic carbocycles. The summed E-state index contributed by atoms with van der Waals surface area (Å²) in [7, 11) is 0. The fourth-order valence-electron chi connectivity index (χ4n) is 2.12. The maximum absolute atomic E-state index is 5.03. The first-order valence-electron chi connectivity index (χ1n) is 6.98. The molecule has 2 heterocycles. The van der Waals surface area contributed by atoms with Crippen LogP contribution in [0.25, 0.3) is 0 Å². The molecule has 0 aliphatic rings. The number of rotatable bonds is 4. The van der Waals surface area contributed by atoms with Crippen molar-refractivity contribution in [3.05, 3.63) is 53.5 Å². The molecule has 22 heavy (non-hydrogen) atoms. The zero-order valence-corrected chi connectivity index (χ0v) is 12.7. The summed E-state index contributed by atoms with van der Waals surface area (Å²) in [5, 5.41) is 10.3. The molecule has 6 nitrogen and oxygen atoms in total. The minimum Gasteiger partial charge on any atom is -0.360 e. The van der Waals surface area contributed by atoms with Crippen LogP contribution in [0.2, 0.25) is 0 Å². The van der Waals surface area contributed by atoms with E-state index in [1.165, 1.54) is 5.56 Å². The Morgan fingerprint density at radius 3 is 2.32 bits per heavy atom. The molecule has 112 valence electrons. The average Bonchev–Trinajstić information content (AvgIpc) is 2.83. The zero-order chi connectivity index (χ0) is 15.5. The lowest BCUT2D eigenvalue weighted by Gasteiger charge is -2.09. The van der Waals surface area contributed by atoms with Crippen molar-refractivity contribution in [1.82, 2.24) is 15.1 Å². The smallest absolute Gasteiger partial charge is 0.175 e. The van der Waals surface area contributed by atoms with E-state index in [9.17, 15) is 0 Å². The first kappa shape index (κ1) is 14.1. The Bertz CT molecular complexity index is 797. The molecule has 0 saturated heterocycles. The highest BCUT2D eigenvalue weighted by Gasteiger charge is 2.06. The minimum atomic E-state index is 0.622. The summed E-state index contributed by atoms with van der Waals surface area (Å²) in [5.74, 6) is 3.42. The Labute approximate surface area is 128 Å². The van der Waals surface area contributed by atoms with Gasteiger partial charge in [0.2, 0.25) is 0 Å². The van der Waals surface area contributed by atoms with Gasteiger partial charge in [0, 0.05) is 17.8 Å². The fraction of sp³-hybridized carbons (Fsp3) is 0.188. The molecule has 0 spiro atoms. The van der Waals surface area contributed by atoms with E-state index >= 15 is 0 Å². The van der Waals surface area contributed by atoms with Crippen molar-refractivity contribution in [2.75, 3.05) is 10.6 Å². The predicted molar refractivity (Wildman–Crippen MR) is 85.8 cm³/mol. The summed E-state index contributed by atoms with van der Waals surface area (Å²) in [6, 6.07) is 11.8. The van der Waals surface area contributed by atoms with Crippen LogP contribution < -0.4 is 10.6 Å². The Kier molecular flexibility index (Phi) is 3.74. The second kappa shape index (κ2) is 5.85. The highest BCUT2D eigenvalue weighted by molar-refractivity contribution is 5.62. The summed E-state index contributed by atoms with van der Waals surface area (Å²) in [4.78, 5) is 8.75. The third kappa shape index (κ3) is 3.41. The molecule has 3 aromatic rings. The molecule has 0 bridgehead atoms. The molecule has 0 saturated carbocycles. The maximum atomic E-state index is 5.03. The van der Waals surface area contributed by atoms with E-state index in [1.807, 2.05) is 38.1 Å². The Morgan fingerprint density at radius 1 is 0.864 bits per heavy atom. The van der Waals surface area contributed by atoms with Crippen molar-refractivity contribution in [3.8, 4) is 0 Å². The number of nitrogens with one attached hydrogen (secondary N) is 2. The average molecular weight is 295 g/mol. The molecular weight excluding hydrogens is 278 g/mol. The molecule has 2 aromatic heterocycles. The molecule has 0 radical (unpaired) electrons. The Morgan fingerprint density at radius 2 is 1.64 bits per heavy atom. The van der Waals surface area contributed by atoms with Gasteiger partial charge in [-0.1, -0.05) is 17.3 Å². The highest BCUT2D eigenvalue weighted by atomic mass is 16.5. The number of aromatic nitrogens is 3. The van der Waals surface area contributed by atoms with Crippen LogP contribution in [0.15, 0.2) is 40.9 Å². The molecule has 0 atom stereocenters. The Hall–Kier alpha value is -2.89. The van der Waals surface area contributed by atoms with E-state index in [-0.39, 0.29) is 0 Å². The number of benzene rings is 1. The molecule has 3 rings (SSSR count). The Balaban J connectivity index is 1.83. The van der Waals surface area contributed by atoms with Crippen molar-refractivity contribution in [2.45, 2.75) is 20.8 Å². The maximum Gasteiger partial charge on any atom is 0.175 e. The van der Waals surface area contributed by atoms with Crippen molar-refractivity contribution in [2.24, 2.45) is 0 Å². The van der Waals surface area contributed by atoms with E-state index in [0.29, 0.717) is 17.5 Å². The third-order valence-electron chi connectivity index (χ3n) is 3.01. The number of nitrogens with zero attached hydrogens (tertiary/aromatic N) is 3. The van der Waals surface area contributed by atoms with E-state index in [1.54, 1.807) is 0 Å². The quantitative estimate of drug-likeness (QED) is 0.760. The normalized spacial score (nSPS) is 10.5. The SMILES string of the molecule is Cc1cccc(Nc2cc(Nc3cc(C)on3)nc(C)n2)c1. The van der Waals surface area contributed by atoms with Crippen LogP contribution in [-0.2, 0) is 0 Å². The lowest BCUT2D eigenvalue weighted by atomic mass is 10.2. The summed E-state index contributed by atoms with van der Waals surface area (Å²) in [6.07, 6.45) is 0. The number of aryl methyl sites for hydroxylation is 3. The summed E-state index contributed by atoms with van der Waals surface area (Å²) >= 11 is 0. The van der Waals surface area contributed by atoms with Gasteiger partial charge in [-0.25, -0.2) is 9.97 Å². The van der Waals surface area contributed by atoms with Crippen molar-refractivity contribution in [1.29, 1.82) is 0 Å². The standard InChI is InChI=1S/C16H17N5O/c1-10-5-4-6-13(7-10)19-14-9-15(18-12(3)17-14)20-16-8-11(2)22-21-16/h4-9H,1-3H3,(H2,17,18,19,20,21).